The Morgan fingerprint density at radius 3 is 2.24 bits per heavy atom. The lowest BCUT2D eigenvalue weighted by atomic mass is 9.97. The van der Waals surface area contributed by atoms with Crippen LogP contribution in [0, 0.1) is 6.92 Å². The zero-order valence-electron chi connectivity index (χ0n) is 10.3. The van der Waals surface area contributed by atoms with Gasteiger partial charge in [0.15, 0.2) is 0 Å². The molecule has 17 heavy (non-hydrogen) atoms. The van der Waals surface area contributed by atoms with Crippen molar-refractivity contribution in [3.63, 3.8) is 0 Å². The van der Waals surface area contributed by atoms with E-state index in [0.717, 1.165) is 16.7 Å². The van der Waals surface area contributed by atoms with Gasteiger partial charge in [-0.2, -0.15) is 0 Å². The van der Waals surface area contributed by atoms with Crippen LogP contribution in [-0.4, -0.2) is 5.78 Å². The lowest BCUT2D eigenvalue weighted by Crippen LogP contribution is -2.02. The van der Waals surface area contributed by atoms with Crippen LogP contribution in [0.1, 0.15) is 29.8 Å². The average molecular weight is 222 g/mol. The number of allylic oxidation sites excluding steroid dienone is 4. The highest BCUT2D eigenvalue weighted by atomic mass is 16.1. The summed E-state index contributed by atoms with van der Waals surface area (Å²) in [6, 6.07) is 7.58. The molecule has 1 aliphatic carbocycles. The molecule has 0 heterocycles. The number of ketones is 1. The molecule has 1 aliphatic rings. The predicted octanol–water partition coefficient (Wildman–Crippen LogP) is 3.76. The maximum atomic E-state index is 12.2. The Labute approximate surface area is 101 Å². The molecule has 0 bridgehead atoms. The van der Waals surface area contributed by atoms with E-state index in [4.69, 9.17) is 0 Å². The van der Waals surface area contributed by atoms with E-state index in [2.05, 4.69) is 11.5 Å². The Morgan fingerprint density at radius 2 is 1.65 bits per heavy atom. The lowest BCUT2D eigenvalue weighted by Gasteiger charge is -2.05. The standard InChI is InChI=1S/C16H14O/c1-11-4-7-14(8-5-11)16(17)15-9-6-12(2)13(3)10-15/h4-5,7-8,10H,1-3H3. The van der Waals surface area contributed by atoms with E-state index in [-0.39, 0.29) is 5.78 Å². The molecule has 0 N–H and O–H groups in total. The van der Waals surface area contributed by atoms with Crippen LogP contribution in [0.5, 0.6) is 0 Å². The summed E-state index contributed by atoms with van der Waals surface area (Å²) < 4.78 is 0. The number of benzene rings is 1. The minimum atomic E-state index is 0.00403. The average Bonchev–Trinajstić information content (AvgIpc) is 2.33. The molecular formula is C16H14O. The third kappa shape index (κ3) is 2.37. The topological polar surface area (TPSA) is 17.1 Å². The van der Waals surface area contributed by atoms with Crippen molar-refractivity contribution < 1.29 is 4.79 Å². The van der Waals surface area contributed by atoms with Crippen molar-refractivity contribution in [2.24, 2.45) is 0 Å². The van der Waals surface area contributed by atoms with E-state index in [1.165, 1.54) is 0 Å². The molecule has 0 spiro atoms. The van der Waals surface area contributed by atoms with Gasteiger partial charge in [0.1, 0.15) is 0 Å². The Kier molecular flexibility index (Phi) is 2.97. The van der Waals surface area contributed by atoms with E-state index < -0.39 is 0 Å². The van der Waals surface area contributed by atoms with Crippen molar-refractivity contribution in [1.82, 2.24) is 0 Å². The second-order valence-electron chi connectivity index (χ2n) is 4.31. The third-order valence-corrected chi connectivity index (χ3v) is 2.90. The van der Waals surface area contributed by atoms with E-state index in [1.807, 2.05) is 51.1 Å². The number of Topliss-reactive ketones (excluding diaryl/α,β-unsaturated/α-hetero) is 1. The summed E-state index contributed by atoms with van der Waals surface area (Å²) in [7, 11) is 0. The van der Waals surface area contributed by atoms with Crippen molar-refractivity contribution >= 4 is 5.78 Å². The number of aryl methyl sites for hydroxylation is 1. The molecule has 0 aliphatic heterocycles. The van der Waals surface area contributed by atoms with Gasteiger partial charge in [-0.25, -0.2) is 0 Å². The first-order valence-corrected chi connectivity index (χ1v) is 5.60. The van der Waals surface area contributed by atoms with Crippen LogP contribution in [0.4, 0.5) is 0 Å². The van der Waals surface area contributed by atoms with E-state index in [0.29, 0.717) is 11.1 Å². The maximum absolute atomic E-state index is 12.2. The lowest BCUT2D eigenvalue weighted by molar-refractivity contribution is 0.103. The molecule has 2 rings (SSSR count). The van der Waals surface area contributed by atoms with Crippen molar-refractivity contribution in [3.05, 3.63) is 69.7 Å². The van der Waals surface area contributed by atoms with Gasteiger partial charge in [-0.3, -0.25) is 4.79 Å². The normalized spacial score (nSPS) is 13.9. The summed E-state index contributed by atoms with van der Waals surface area (Å²) >= 11 is 0. The Bertz CT molecular complexity index is 599. The summed E-state index contributed by atoms with van der Waals surface area (Å²) in [5.74, 6) is 0.00403. The van der Waals surface area contributed by atoms with Crippen LogP contribution in [0.15, 0.2) is 58.5 Å². The van der Waals surface area contributed by atoms with Crippen molar-refractivity contribution in [2.75, 3.05) is 0 Å². The molecule has 1 aromatic carbocycles. The van der Waals surface area contributed by atoms with Gasteiger partial charge < -0.3 is 0 Å². The third-order valence-electron chi connectivity index (χ3n) is 2.90. The van der Waals surface area contributed by atoms with Crippen molar-refractivity contribution in [2.45, 2.75) is 20.8 Å². The monoisotopic (exact) mass is 222 g/mol. The first-order valence-electron chi connectivity index (χ1n) is 5.60. The maximum Gasteiger partial charge on any atom is 0.201 e. The Balaban J connectivity index is 2.41. The van der Waals surface area contributed by atoms with Crippen molar-refractivity contribution in [1.29, 1.82) is 0 Å². The molecule has 0 aromatic heterocycles. The highest BCUT2D eigenvalue weighted by Gasteiger charge is 2.11. The van der Waals surface area contributed by atoms with Gasteiger partial charge in [0.05, 0.1) is 5.57 Å². The van der Waals surface area contributed by atoms with Crippen molar-refractivity contribution in [3.8, 4) is 0 Å². The molecule has 0 radical (unpaired) electrons. The molecule has 0 unspecified atom stereocenters. The number of carbonyl (C=O) groups is 1. The van der Waals surface area contributed by atoms with Gasteiger partial charge in [0, 0.05) is 11.1 Å². The quantitative estimate of drug-likeness (QED) is 0.550. The van der Waals surface area contributed by atoms with Gasteiger partial charge in [-0.05, 0) is 32.4 Å². The van der Waals surface area contributed by atoms with Crippen LogP contribution in [0.25, 0.3) is 0 Å². The SMILES string of the molecule is CC1=C=C=C(C(=O)c2ccc(C)cc2)C=C1C. The first-order chi connectivity index (χ1) is 8.08. The molecule has 0 saturated heterocycles. The zero-order chi connectivity index (χ0) is 12.4. The summed E-state index contributed by atoms with van der Waals surface area (Å²) in [4.78, 5) is 12.2. The molecule has 1 aromatic rings. The number of hydrogen-bond acceptors (Lipinski definition) is 1. The highest BCUT2D eigenvalue weighted by Crippen LogP contribution is 2.17. The molecule has 84 valence electrons. The second kappa shape index (κ2) is 4.43. The zero-order valence-corrected chi connectivity index (χ0v) is 10.3. The highest BCUT2D eigenvalue weighted by molar-refractivity contribution is 6.10. The van der Waals surface area contributed by atoms with Crippen LogP contribution in [0.3, 0.4) is 0 Å². The summed E-state index contributed by atoms with van der Waals surface area (Å²) in [6.07, 6.45) is 1.87. The predicted molar refractivity (Wildman–Crippen MR) is 69.0 cm³/mol. The summed E-state index contributed by atoms with van der Waals surface area (Å²) in [6.45, 7) is 5.95. The smallest absolute Gasteiger partial charge is 0.201 e. The van der Waals surface area contributed by atoms with Gasteiger partial charge in [0.25, 0.3) is 0 Å². The Morgan fingerprint density at radius 1 is 1.00 bits per heavy atom. The largest absolute Gasteiger partial charge is 0.288 e. The minimum Gasteiger partial charge on any atom is -0.288 e. The molecule has 0 amide bonds. The Hall–Kier alpha value is -2.07. The van der Waals surface area contributed by atoms with E-state index >= 15 is 0 Å². The molecule has 0 fully saturated rings. The number of carbonyl (C=O) groups excluding carboxylic acids is 1. The minimum absolute atomic E-state index is 0.00403. The summed E-state index contributed by atoms with van der Waals surface area (Å²) in [5, 5.41) is 0. The molecular weight excluding hydrogens is 208 g/mol. The van der Waals surface area contributed by atoms with Gasteiger partial charge in [-0.15, -0.1) is 0 Å². The fourth-order valence-electron chi connectivity index (χ4n) is 1.60. The molecule has 0 atom stereocenters. The molecule has 1 heteroatoms. The van der Waals surface area contributed by atoms with Gasteiger partial charge in [-0.1, -0.05) is 41.3 Å². The number of hydrogen-bond donors (Lipinski definition) is 0. The van der Waals surface area contributed by atoms with Gasteiger partial charge >= 0.3 is 0 Å². The second-order valence-corrected chi connectivity index (χ2v) is 4.31. The van der Waals surface area contributed by atoms with Crippen LogP contribution in [0.2, 0.25) is 0 Å². The summed E-state index contributed by atoms with van der Waals surface area (Å²) in [5.41, 5.74) is 10.4. The van der Waals surface area contributed by atoms with Crippen LogP contribution in [-0.2, 0) is 0 Å². The molecule has 1 nitrogen and oxygen atoms in total. The fourth-order valence-corrected chi connectivity index (χ4v) is 1.60. The van der Waals surface area contributed by atoms with Gasteiger partial charge in [0.2, 0.25) is 5.78 Å². The van der Waals surface area contributed by atoms with E-state index in [9.17, 15) is 4.79 Å². The first kappa shape index (κ1) is 11.4. The molecule has 0 saturated carbocycles. The fraction of sp³-hybridized carbons (Fsp3) is 0.188. The van der Waals surface area contributed by atoms with E-state index in [1.54, 1.807) is 0 Å². The number of rotatable bonds is 2. The van der Waals surface area contributed by atoms with Crippen LogP contribution < -0.4 is 0 Å². The van der Waals surface area contributed by atoms with Crippen LogP contribution >= 0.6 is 0 Å².